The summed E-state index contributed by atoms with van der Waals surface area (Å²) >= 11 is 1.81. The molecule has 154 valence electrons. The largest absolute Gasteiger partial charge is 0.342 e. The summed E-state index contributed by atoms with van der Waals surface area (Å²) in [6.07, 6.45) is 9.20. The number of likely N-dealkylation sites (tertiary alicyclic amines) is 3. The van der Waals surface area contributed by atoms with Crippen molar-refractivity contribution in [2.45, 2.75) is 56.0 Å². The Morgan fingerprint density at radius 1 is 0.929 bits per heavy atom. The lowest BCUT2D eigenvalue weighted by Gasteiger charge is -2.42. The molecule has 4 rings (SSSR count). The van der Waals surface area contributed by atoms with Crippen LogP contribution in [0.1, 0.15) is 44.1 Å². The van der Waals surface area contributed by atoms with Crippen molar-refractivity contribution in [3.63, 3.8) is 0 Å². The summed E-state index contributed by atoms with van der Waals surface area (Å²) in [4.78, 5) is 21.4. The first-order chi connectivity index (χ1) is 13.7. The Balaban J connectivity index is 1.19. The molecular weight excluding hydrogens is 366 g/mol. The molecule has 3 fully saturated rings. The van der Waals surface area contributed by atoms with Crippen LogP contribution < -0.4 is 0 Å². The summed E-state index contributed by atoms with van der Waals surface area (Å²) in [5.74, 6) is 0.734. The second kappa shape index (κ2) is 9.64. The van der Waals surface area contributed by atoms with Gasteiger partial charge in [0.1, 0.15) is 0 Å². The molecule has 1 amide bonds. The number of hydrogen-bond acceptors (Lipinski definition) is 4. The summed E-state index contributed by atoms with van der Waals surface area (Å²) in [5, 5.41) is 0. The average molecular weight is 402 g/mol. The van der Waals surface area contributed by atoms with E-state index in [1.54, 1.807) is 11.8 Å². The Kier molecular flexibility index (Phi) is 6.97. The smallest absolute Gasteiger partial charge is 0.225 e. The van der Waals surface area contributed by atoms with Gasteiger partial charge >= 0.3 is 0 Å². The zero-order chi connectivity index (χ0) is 19.3. The second-order valence-corrected chi connectivity index (χ2v) is 9.58. The Bertz CT molecular complexity index is 628. The van der Waals surface area contributed by atoms with Crippen LogP contribution in [0.2, 0.25) is 0 Å². The van der Waals surface area contributed by atoms with Crippen LogP contribution in [-0.2, 0) is 11.3 Å². The van der Waals surface area contributed by atoms with Gasteiger partial charge in [0.05, 0.1) is 0 Å². The maximum atomic E-state index is 12.6. The van der Waals surface area contributed by atoms with Crippen molar-refractivity contribution in [1.82, 2.24) is 14.7 Å². The van der Waals surface area contributed by atoms with E-state index < -0.39 is 0 Å². The van der Waals surface area contributed by atoms with Gasteiger partial charge in [-0.05, 0) is 88.7 Å². The molecule has 1 aromatic rings. The molecule has 0 aromatic heterocycles. The van der Waals surface area contributed by atoms with Crippen LogP contribution in [0.5, 0.6) is 0 Å². The Labute approximate surface area is 174 Å². The van der Waals surface area contributed by atoms with E-state index in [-0.39, 0.29) is 0 Å². The highest BCUT2D eigenvalue weighted by Gasteiger charge is 2.33. The number of thioether (sulfide) groups is 1. The van der Waals surface area contributed by atoms with Gasteiger partial charge in [0.25, 0.3) is 0 Å². The minimum atomic E-state index is 0.290. The lowest BCUT2D eigenvalue weighted by molar-refractivity contribution is -0.136. The Hall–Kier alpha value is -1.04. The molecule has 0 unspecified atom stereocenters. The van der Waals surface area contributed by atoms with Crippen molar-refractivity contribution in [3.8, 4) is 0 Å². The van der Waals surface area contributed by atoms with Crippen LogP contribution in [0.15, 0.2) is 29.2 Å². The highest BCUT2D eigenvalue weighted by atomic mass is 32.2. The number of hydrogen-bond donors (Lipinski definition) is 0. The Morgan fingerprint density at radius 3 is 2.18 bits per heavy atom. The number of amides is 1. The molecule has 1 aromatic carbocycles. The SMILES string of the molecule is CSc1ccc(CN2CCC(N3CCC(C(=O)N4CCCC4)CC3)CC2)cc1. The van der Waals surface area contributed by atoms with Crippen molar-refractivity contribution in [1.29, 1.82) is 0 Å². The molecule has 0 radical (unpaired) electrons. The van der Waals surface area contributed by atoms with Gasteiger partial charge < -0.3 is 9.80 Å². The van der Waals surface area contributed by atoms with Gasteiger partial charge in [-0.2, -0.15) is 0 Å². The molecule has 5 heteroatoms. The minimum Gasteiger partial charge on any atom is -0.342 e. The summed E-state index contributed by atoms with van der Waals surface area (Å²) < 4.78 is 0. The first-order valence-electron chi connectivity index (χ1n) is 11.1. The third-order valence-corrected chi connectivity index (χ3v) is 7.68. The van der Waals surface area contributed by atoms with Crippen molar-refractivity contribution in [2.75, 3.05) is 45.5 Å². The third-order valence-electron chi connectivity index (χ3n) is 6.94. The number of rotatable bonds is 5. The van der Waals surface area contributed by atoms with E-state index in [1.807, 2.05) is 0 Å². The lowest BCUT2D eigenvalue weighted by atomic mass is 9.92. The molecule has 3 aliphatic rings. The number of benzene rings is 1. The van der Waals surface area contributed by atoms with Crippen LogP contribution in [0, 0.1) is 5.92 Å². The zero-order valence-corrected chi connectivity index (χ0v) is 18.1. The van der Waals surface area contributed by atoms with Gasteiger partial charge in [0, 0.05) is 36.5 Å². The van der Waals surface area contributed by atoms with E-state index in [2.05, 4.69) is 45.2 Å². The fourth-order valence-electron chi connectivity index (χ4n) is 5.14. The van der Waals surface area contributed by atoms with Crippen molar-refractivity contribution < 1.29 is 4.79 Å². The zero-order valence-electron chi connectivity index (χ0n) is 17.3. The molecule has 28 heavy (non-hydrogen) atoms. The van der Waals surface area contributed by atoms with Crippen molar-refractivity contribution in [2.24, 2.45) is 5.92 Å². The standard InChI is InChI=1S/C23H35N3OS/c1-28-22-6-4-19(5-7-22)18-24-14-10-21(11-15-24)25-16-8-20(9-17-25)23(27)26-12-2-3-13-26/h4-7,20-21H,2-3,8-18H2,1H3. The molecule has 0 aliphatic carbocycles. The van der Waals surface area contributed by atoms with E-state index in [9.17, 15) is 4.79 Å². The molecule has 3 aliphatic heterocycles. The first kappa shape index (κ1) is 20.2. The van der Waals surface area contributed by atoms with Crippen LogP contribution in [0.3, 0.4) is 0 Å². The molecule has 0 saturated carbocycles. The molecule has 4 nitrogen and oxygen atoms in total. The molecule has 0 N–H and O–H groups in total. The molecule has 3 heterocycles. The van der Waals surface area contributed by atoms with Crippen LogP contribution in [-0.4, -0.2) is 72.2 Å². The fraction of sp³-hybridized carbons (Fsp3) is 0.696. The predicted molar refractivity (Wildman–Crippen MR) is 117 cm³/mol. The molecule has 3 saturated heterocycles. The highest BCUT2D eigenvalue weighted by molar-refractivity contribution is 7.98. The first-order valence-corrected chi connectivity index (χ1v) is 12.3. The maximum absolute atomic E-state index is 12.6. The van der Waals surface area contributed by atoms with E-state index in [4.69, 9.17) is 0 Å². The topological polar surface area (TPSA) is 26.8 Å². The average Bonchev–Trinajstić information content (AvgIpc) is 3.29. The van der Waals surface area contributed by atoms with Crippen LogP contribution >= 0.6 is 11.8 Å². The van der Waals surface area contributed by atoms with E-state index >= 15 is 0 Å². The lowest BCUT2D eigenvalue weighted by Crippen LogP contribution is -2.49. The summed E-state index contributed by atoms with van der Waals surface area (Å²) in [5.41, 5.74) is 1.43. The summed E-state index contributed by atoms with van der Waals surface area (Å²) in [6.45, 7) is 7.70. The molecule has 0 atom stereocenters. The van der Waals surface area contributed by atoms with Crippen molar-refractivity contribution >= 4 is 17.7 Å². The van der Waals surface area contributed by atoms with E-state index in [1.165, 1.54) is 49.2 Å². The number of nitrogens with zero attached hydrogens (tertiary/aromatic N) is 3. The summed E-state index contributed by atoms with van der Waals surface area (Å²) in [7, 11) is 0. The van der Waals surface area contributed by atoms with Gasteiger partial charge in [0.15, 0.2) is 0 Å². The second-order valence-electron chi connectivity index (χ2n) is 8.70. The quantitative estimate of drug-likeness (QED) is 0.703. The monoisotopic (exact) mass is 401 g/mol. The summed E-state index contributed by atoms with van der Waals surface area (Å²) in [6, 6.07) is 9.75. The Morgan fingerprint density at radius 2 is 1.57 bits per heavy atom. The highest BCUT2D eigenvalue weighted by Crippen LogP contribution is 2.27. The van der Waals surface area contributed by atoms with Gasteiger partial charge in [-0.3, -0.25) is 9.69 Å². The van der Waals surface area contributed by atoms with E-state index in [0.717, 1.165) is 51.6 Å². The fourth-order valence-corrected chi connectivity index (χ4v) is 5.55. The van der Waals surface area contributed by atoms with Crippen LogP contribution in [0.4, 0.5) is 0 Å². The van der Waals surface area contributed by atoms with Gasteiger partial charge in [-0.1, -0.05) is 12.1 Å². The predicted octanol–water partition coefficient (Wildman–Crippen LogP) is 3.71. The van der Waals surface area contributed by atoms with Gasteiger partial charge in [-0.15, -0.1) is 11.8 Å². The molecule has 0 bridgehead atoms. The van der Waals surface area contributed by atoms with E-state index in [0.29, 0.717) is 11.8 Å². The van der Waals surface area contributed by atoms with Gasteiger partial charge in [0.2, 0.25) is 5.91 Å². The number of carbonyl (C=O) groups excluding carboxylic acids is 1. The van der Waals surface area contributed by atoms with Crippen LogP contribution in [0.25, 0.3) is 0 Å². The molecular formula is C23H35N3OS. The normalized spacial score (nSPS) is 23.4. The van der Waals surface area contributed by atoms with Crippen molar-refractivity contribution in [3.05, 3.63) is 29.8 Å². The third kappa shape index (κ3) is 4.92. The number of piperidine rings is 2. The maximum Gasteiger partial charge on any atom is 0.225 e. The molecule has 0 spiro atoms. The minimum absolute atomic E-state index is 0.290. The van der Waals surface area contributed by atoms with Gasteiger partial charge in [-0.25, -0.2) is 0 Å². The number of carbonyl (C=O) groups is 1.